The van der Waals surface area contributed by atoms with Gasteiger partial charge in [0.15, 0.2) is 5.78 Å². The second kappa shape index (κ2) is 7.05. The van der Waals surface area contributed by atoms with Gasteiger partial charge in [0.2, 0.25) is 11.8 Å². The van der Waals surface area contributed by atoms with Crippen molar-refractivity contribution in [3.63, 3.8) is 0 Å². The van der Waals surface area contributed by atoms with Gasteiger partial charge in [0.05, 0.1) is 30.7 Å². The Morgan fingerprint density at radius 2 is 1.59 bits per heavy atom. The van der Waals surface area contributed by atoms with Crippen molar-refractivity contribution < 1.29 is 19.1 Å². The molecular formula is C26H26N2O4. The van der Waals surface area contributed by atoms with Crippen LogP contribution in [0.2, 0.25) is 0 Å². The number of ether oxygens (including phenoxy) is 1. The Balaban J connectivity index is 1.64. The lowest BCUT2D eigenvalue weighted by Gasteiger charge is -2.37. The highest BCUT2D eigenvalue weighted by Crippen LogP contribution is 2.54. The van der Waals surface area contributed by atoms with Gasteiger partial charge in [-0.1, -0.05) is 45.0 Å². The predicted octanol–water partition coefficient (Wildman–Crippen LogP) is 3.83. The first-order valence-corrected chi connectivity index (χ1v) is 10.8. The van der Waals surface area contributed by atoms with Crippen molar-refractivity contribution in [2.45, 2.75) is 32.9 Å². The maximum atomic E-state index is 13.7. The lowest BCUT2D eigenvalue weighted by molar-refractivity contribution is -0.135. The molecule has 0 bridgehead atoms. The van der Waals surface area contributed by atoms with Crippen molar-refractivity contribution in [1.82, 2.24) is 4.90 Å². The quantitative estimate of drug-likeness (QED) is 0.693. The van der Waals surface area contributed by atoms with Crippen LogP contribution in [0, 0.1) is 17.3 Å². The number of rotatable bonds is 3. The highest BCUT2D eigenvalue weighted by atomic mass is 16.5. The summed E-state index contributed by atoms with van der Waals surface area (Å²) in [5.74, 6) is -1.30. The van der Waals surface area contributed by atoms with E-state index in [0.29, 0.717) is 11.4 Å². The molecule has 2 saturated heterocycles. The third-order valence-electron chi connectivity index (χ3n) is 6.80. The van der Waals surface area contributed by atoms with Crippen molar-refractivity contribution in [3.05, 3.63) is 65.9 Å². The summed E-state index contributed by atoms with van der Waals surface area (Å²) < 4.78 is 5.21. The molecule has 6 heteroatoms. The first-order chi connectivity index (χ1) is 15.2. The number of hydrogen-bond donors (Lipinski definition) is 0. The number of Topliss-reactive ketones (excluding diaryl/α,β-unsaturated/α-hetero) is 1. The second-order valence-corrected chi connectivity index (χ2v) is 9.66. The van der Waals surface area contributed by atoms with Gasteiger partial charge in [0.25, 0.3) is 0 Å². The van der Waals surface area contributed by atoms with Gasteiger partial charge in [0, 0.05) is 11.6 Å². The van der Waals surface area contributed by atoms with Crippen LogP contribution in [0.3, 0.4) is 0 Å². The number of imide groups is 1. The minimum Gasteiger partial charge on any atom is -0.497 e. The fourth-order valence-electron chi connectivity index (χ4n) is 5.29. The molecule has 3 heterocycles. The SMILES string of the molecule is COc1ccc(N2C(=O)C3C(C2=O)C2c4ccccc4C=CN2C3C(=O)C(C)(C)C)cc1. The maximum Gasteiger partial charge on any atom is 0.240 e. The molecule has 164 valence electrons. The number of anilines is 1. The fraction of sp³-hybridized carbons (Fsp3) is 0.346. The van der Waals surface area contributed by atoms with E-state index in [2.05, 4.69) is 0 Å². The number of carbonyl (C=O) groups excluding carboxylic acids is 3. The zero-order valence-electron chi connectivity index (χ0n) is 18.6. The molecule has 2 aromatic rings. The minimum absolute atomic E-state index is 0.0308. The highest BCUT2D eigenvalue weighted by Gasteiger charge is 2.65. The number of fused-ring (bicyclic) bond motifs is 5. The highest BCUT2D eigenvalue weighted by molar-refractivity contribution is 6.24. The van der Waals surface area contributed by atoms with Crippen molar-refractivity contribution in [1.29, 1.82) is 0 Å². The number of amides is 2. The molecule has 0 aliphatic carbocycles. The van der Waals surface area contributed by atoms with Gasteiger partial charge >= 0.3 is 0 Å². The van der Waals surface area contributed by atoms with Crippen LogP contribution in [0.15, 0.2) is 54.7 Å². The zero-order valence-corrected chi connectivity index (χ0v) is 18.6. The molecule has 0 radical (unpaired) electrons. The van der Waals surface area contributed by atoms with Gasteiger partial charge in [-0.25, -0.2) is 4.90 Å². The first kappa shape index (κ1) is 20.5. The Morgan fingerprint density at radius 1 is 0.938 bits per heavy atom. The van der Waals surface area contributed by atoms with Crippen LogP contribution in [0.5, 0.6) is 5.75 Å². The molecule has 2 aromatic carbocycles. The number of methoxy groups -OCH3 is 1. The standard InChI is InChI=1S/C26H26N2O4/c1-26(2,3)23(29)22-20-19(21-18-8-6-5-7-15(18)13-14-27(21)22)24(30)28(25(20)31)16-9-11-17(32-4)12-10-16/h5-14,19-22H,1-4H3. The van der Waals surface area contributed by atoms with Gasteiger partial charge in [-0.2, -0.15) is 0 Å². The smallest absolute Gasteiger partial charge is 0.240 e. The van der Waals surface area contributed by atoms with Crippen molar-refractivity contribution in [2.24, 2.45) is 17.3 Å². The summed E-state index contributed by atoms with van der Waals surface area (Å²) in [6.45, 7) is 5.59. The Bertz CT molecular complexity index is 1150. The van der Waals surface area contributed by atoms with Crippen molar-refractivity contribution in [3.8, 4) is 5.75 Å². The maximum absolute atomic E-state index is 13.7. The molecule has 2 amide bonds. The van der Waals surface area contributed by atoms with Gasteiger partial charge in [-0.15, -0.1) is 0 Å². The summed E-state index contributed by atoms with van der Waals surface area (Å²) in [5, 5.41) is 0. The first-order valence-electron chi connectivity index (χ1n) is 10.8. The van der Waals surface area contributed by atoms with Crippen LogP contribution in [0.25, 0.3) is 6.08 Å². The number of hydrogen-bond acceptors (Lipinski definition) is 5. The molecule has 3 aliphatic heterocycles. The molecule has 0 aromatic heterocycles. The van der Waals surface area contributed by atoms with Crippen LogP contribution >= 0.6 is 0 Å². The van der Waals surface area contributed by atoms with E-state index < -0.39 is 23.3 Å². The number of benzene rings is 2. The second-order valence-electron chi connectivity index (χ2n) is 9.66. The van der Waals surface area contributed by atoms with E-state index in [9.17, 15) is 14.4 Å². The monoisotopic (exact) mass is 430 g/mol. The molecule has 5 rings (SSSR count). The van der Waals surface area contributed by atoms with E-state index in [0.717, 1.165) is 11.1 Å². The van der Waals surface area contributed by atoms with Crippen molar-refractivity contribution in [2.75, 3.05) is 12.0 Å². The lowest BCUT2D eigenvalue weighted by atomic mass is 9.79. The summed E-state index contributed by atoms with van der Waals surface area (Å²) in [4.78, 5) is 44.3. The Hall–Kier alpha value is -3.41. The fourth-order valence-corrected chi connectivity index (χ4v) is 5.29. The molecular weight excluding hydrogens is 404 g/mol. The summed E-state index contributed by atoms with van der Waals surface area (Å²) in [5.41, 5.74) is 1.85. The Labute approximate surface area is 187 Å². The lowest BCUT2D eigenvalue weighted by Crippen LogP contribution is -2.47. The molecule has 4 unspecified atom stereocenters. The third kappa shape index (κ3) is 2.82. The van der Waals surface area contributed by atoms with Crippen LogP contribution < -0.4 is 9.64 Å². The topological polar surface area (TPSA) is 66.9 Å². The average molecular weight is 431 g/mol. The van der Waals surface area contributed by atoms with Gasteiger partial charge in [-0.3, -0.25) is 14.4 Å². The molecule has 0 saturated carbocycles. The van der Waals surface area contributed by atoms with E-state index in [1.807, 2.05) is 62.2 Å². The van der Waals surface area contributed by atoms with Crippen LogP contribution in [-0.4, -0.2) is 35.6 Å². The van der Waals surface area contributed by atoms with E-state index in [-0.39, 0.29) is 23.6 Å². The summed E-state index contributed by atoms with van der Waals surface area (Å²) in [7, 11) is 1.57. The number of ketones is 1. The molecule has 6 nitrogen and oxygen atoms in total. The molecule has 0 N–H and O–H groups in total. The Morgan fingerprint density at radius 3 is 2.25 bits per heavy atom. The van der Waals surface area contributed by atoms with E-state index >= 15 is 0 Å². The summed E-state index contributed by atoms with van der Waals surface area (Å²) >= 11 is 0. The Kier molecular flexibility index (Phi) is 4.52. The van der Waals surface area contributed by atoms with Gasteiger partial charge in [-0.05, 0) is 41.5 Å². The average Bonchev–Trinajstić information content (AvgIpc) is 3.25. The van der Waals surface area contributed by atoms with Crippen molar-refractivity contribution >= 4 is 29.4 Å². The predicted molar refractivity (Wildman–Crippen MR) is 121 cm³/mol. The normalized spacial score (nSPS) is 26.1. The number of nitrogens with zero attached hydrogens (tertiary/aromatic N) is 2. The van der Waals surface area contributed by atoms with Gasteiger partial charge < -0.3 is 9.64 Å². The van der Waals surface area contributed by atoms with Crippen LogP contribution in [0.1, 0.15) is 37.9 Å². The summed E-state index contributed by atoms with van der Waals surface area (Å²) in [6, 6.07) is 13.7. The molecule has 4 atom stereocenters. The molecule has 0 spiro atoms. The third-order valence-corrected chi connectivity index (χ3v) is 6.80. The van der Waals surface area contributed by atoms with Crippen LogP contribution in [-0.2, 0) is 14.4 Å². The summed E-state index contributed by atoms with van der Waals surface area (Å²) in [6.07, 6.45) is 3.85. The van der Waals surface area contributed by atoms with E-state index in [1.54, 1.807) is 31.4 Å². The molecule has 32 heavy (non-hydrogen) atoms. The van der Waals surface area contributed by atoms with Gasteiger partial charge in [0.1, 0.15) is 11.8 Å². The van der Waals surface area contributed by atoms with E-state index in [1.165, 1.54) is 4.90 Å². The number of carbonyl (C=O) groups is 3. The largest absolute Gasteiger partial charge is 0.497 e. The zero-order chi connectivity index (χ0) is 22.8. The molecule has 2 fully saturated rings. The molecule has 3 aliphatic rings. The van der Waals surface area contributed by atoms with Crippen LogP contribution in [0.4, 0.5) is 5.69 Å². The van der Waals surface area contributed by atoms with E-state index in [4.69, 9.17) is 4.74 Å². The minimum atomic E-state index is -0.725.